The molecule has 1 unspecified atom stereocenters. The minimum absolute atomic E-state index is 0.585. The highest BCUT2D eigenvalue weighted by Crippen LogP contribution is 2.30. The number of hydrogen-bond donors (Lipinski definition) is 1. The molecular weight excluding hydrogens is 192 g/mol. The molecule has 1 N–H and O–H groups in total. The first-order valence-electron chi connectivity index (χ1n) is 5.51. The molecule has 0 spiro atoms. The van der Waals surface area contributed by atoms with Crippen LogP contribution in [0.15, 0.2) is 0 Å². The fourth-order valence-corrected chi connectivity index (χ4v) is 3.13. The van der Waals surface area contributed by atoms with Gasteiger partial charge in [0.1, 0.15) is 0 Å². The van der Waals surface area contributed by atoms with E-state index in [1.807, 2.05) is 11.3 Å². The van der Waals surface area contributed by atoms with Gasteiger partial charge in [-0.2, -0.15) is 0 Å². The summed E-state index contributed by atoms with van der Waals surface area (Å²) < 4.78 is 0. The minimum Gasteiger partial charge on any atom is -0.309 e. The van der Waals surface area contributed by atoms with Crippen LogP contribution < -0.4 is 5.32 Å². The molecule has 3 heteroatoms. The van der Waals surface area contributed by atoms with Crippen molar-refractivity contribution in [3.05, 3.63) is 15.6 Å². The number of hydrogen-bond acceptors (Lipinski definition) is 3. The van der Waals surface area contributed by atoms with E-state index in [9.17, 15) is 0 Å². The highest BCUT2D eigenvalue weighted by Gasteiger charge is 2.19. The predicted molar refractivity (Wildman–Crippen MR) is 60.8 cm³/mol. The van der Waals surface area contributed by atoms with Crippen LogP contribution in [0.3, 0.4) is 0 Å². The van der Waals surface area contributed by atoms with Gasteiger partial charge >= 0.3 is 0 Å². The molecule has 0 radical (unpaired) electrons. The first-order chi connectivity index (χ1) is 6.81. The van der Waals surface area contributed by atoms with E-state index < -0.39 is 0 Å². The molecule has 0 amide bonds. The van der Waals surface area contributed by atoms with Gasteiger partial charge in [0.05, 0.1) is 10.7 Å². The van der Waals surface area contributed by atoms with Crippen LogP contribution >= 0.6 is 11.3 Å². The van der Waals surface area contributed by atoms with E-state index in [2.05, 4.69) is 24.1 Å². The zero-order valence-corrected chi connectivity index (χ0v) is 9.78. The van der Waals surface area contributed by atoms with Gasteiger partial charge in [0.15, 0.2) is 0 Å². The lowest BCUT2D eigenvalue weighted by Crippen LogP contribution is -2.26. The third-order valence-corrected chi connectivity index (χ3v) is 4.22. The third-order valence-electron chi connectivity index (χ3n) is 2.81. The van der Waals surface area contributed by atoms with Gasteiger partial charge in [0, 0.05) is 10.9 Å². The quantitative estimate of drug-likeness (QED) is 0.812. The molecule has 14 heavy (non-hydrogen) atoms. The molecule has 2 nitrogen and oxygen atoms in total. The SMILES string of the molecule is CCc1nc(C)c(C2CCCCN2)s1. The summed E-state index contributed by atoms with van der Waals surface area (Å²) in [6.45, 7) is 5.49. The molecule has 1 fully saturated rings. The molecule has 1 aliphatic heterocycles. The summed E-state index contributed by atoms with van der Waals surface area (Å²) >= 11 is 1.89. The van der Waals surface area contributed by atoms with Gasteiger partial charge in [-0.05, 0) is 32.7 Å². The maximum atomic E-state index is 4.58. The normalized spacial score (nSPS) is 22.6. The van der Waals surface area contributed by atoms with E-state index in [0.29, 0.717) is 6.04 Å². The van der Waals surface area contributed by atoms with Crippen molar-refractivity contribution in [1.29, 1.82) is 0 Å². The molecule has 78 valence electrons. The van der Waals surface area contributed by atoms with Crippen molar-refractivity contribution in [3.8, 4) is 0 Å². The maximum absolute atomic E-state index is 4.58. The van der Waals surface area contributed by atoms with Crippen LogP contribution in [-0.2, 0) is 6.42 Å². The van der Waals surface area contributed by atoms with Crippen LogP contribution in [0.2, 0.25) is 0 Å². The zero-order valence-electron chi connectivity index (χ0n) is 8.97. The van der Waals surface area contributed by atoms with Crippen molar-refractivity contribution in [2.75, 3.05) is 6.54 Å². The molecule has 2 heterocycles. The number of nitrogens with zero attached hydrogens (tertiary/aromatic N) is 1. The lowest BCUT2D eigenvalue weighted by molar-refractivity contribution is 0.415. The molecule has 2 rings (SSSR count). The Bertz CT molecular complexity index is 300. The first kappa shape index (κ1) is 10.1. The van der Waals surface area contributed by atoms with Crippen LogP contribution in [0.4, 0.5) is 0 Å². The van der Waals surface area contributed by atoms with Crippen LogP contribution in [0.1, 0.15) is 47.8 Å². The van der Waals surface area contributed by atoms with Gasteiger partial charge in [-0.3, -0.25) is 0 Å². The highest BCUT2D eigenvalue weighted by atomic mass is 32.1. The molecular formula is C11H18N2S. The van der Waals surface area contributed by atoms with E-state index in [4.69, 9.17) is 0 Å². The van der Waals surface area contributed by atoms with Gasteiger partial charge in [-0.25, -0.2) is 4.98 Å². The van der Waals surface area contributed by atoms with Crippen LogP contribution in [0.5, 0.6) is 0 Å². The standard InChI is InChI=1S/C11H18N2S/c1-3-10-13-8(2)11(14-10)9-6-4-5-7-12-9/h9,12H,3-7H2,1-2H3. The second-order valence-corrected chi connectivity index (χ2v) is 5.03. The molecule has 1 aromatic rings. The summed E-state index contributed by atoms with van der Waals surface area (Å²) in [6, 6.07) is 0.585. The van der Waals surface area contributed by atoms with Crippen molar-refractivity contribution < 1.29 is 0 Å². The number of nitrogens with one attached hydrogen (secondary N) is 1. The Balaban J connectivity index is 2.17. The molecule has 0 aromatic carbocycles. The fraction of sp³-hybridized carbons (Fsp3) is 0.727. The molecule has 0 bridgehead atoms. The smallest absolute Gasteiger partial charge is 0.0928 e. The van der Waals surface area contributed by atoms with E-state index in [1.54, 1.807) is 0 Å². The summed E-state index contributed by atoms with van der Waals surface area (Å²) in [6.07, 6.45) is 5.04. The second kappa shape index (κ2) is 4.41. The van der Waals surface area contributed by atoms with Crippen molar-refractivity contribution in [3.63, 3.8) is 0 Å². The summed E-state index contributed by atoms with van der Waals surface area (Å²) in [4.78, 5) is 6.06. The van der Waals surface area contributed by atoms with Gasteiger partial charge in [-0.1, -0.05) is 13.3 Å². The van der Waals surface area contributed by atoms with E-state index >= 15 is 0 Å². The number of piperidine rings is 1. The molecule has 1 aromatic heterocycles. The lowest BCUT2D eigenvalue weighted by atomic mass is 10.0. The average Bonchev–Trinajstić information content (AvgIpc) is 2.61. The van der Waals surface area contributed by atoms with Crippen molar-refractivity contribution in [2.45, 2.75) is 45.6 Å². The van der Waals surface area contributed by atoms with Crippen molar-refractivity contribution >= 4 is 11.3 Å². The molecule has 0 aliphatic carbocycles. The van der Waals surface area contributed by atoms with Gasteiger partial charge in [0.2, 0.25) is 0 Å². The van der Waals surface area contributed by atoms with E-state index in [1.165, 1.54) is 41.4 Å². The summed E-state index contributed by atoms with van der Waals surface area (Å²) in [7, 11) is 0. The van der Waals surface area contributed by atoms with Crippen LogP contribution in [-0.4, -0.2) is 11.5 Å². The monoisotopic (exact) mass is 210 g/mol. The topological polar surface area (TPSA) is 24.9 Å². The molecule has 0 saturated carbocycles. The lowest BCUT2D eigenvalue weighted by Gasteiger charge is -2.22. The number of aromatic nitrogens is 1. The molecule has 1 aliphatic rings. The van der Waals surface area contributed by atoms with Gasteiger partial charge in [-0.15, -0.1) is 11.3 Å². The predicted octanol–water partition coefficient (Wildman–Crippen LogP) is 2.83. The molecule has 1 atom stereocenters. The Morgan fingerprint density at radius 2 is 2.36 bits per heavy atom. The minimum atomic E-state index is 0.585. The Morgan fingerprint density at radius 1 is 1.50 bits per heavy atom. The average molecular weight is 210 g/mol. The highest BCUT2D eigenvalue weighted by molar-refractivity contribution is 7.11. The Hall–Kier alpha value is -0.410. The maximum Gasteiger partial charge on any atom is 0.0928 e. The van der Waals surface area contributed by atoms with E-state index in [-0.39, 0.29) is 0 Å². The third kappa shape index (κ3) is 1.98. The Kier molecular flexibility index (Phi) is 3.19. The zero-order chi connectivity index (χ0) is 9.97. The summed E-state index contributed by atoms with van der Waals surface area (Å²) in [5.74, 6) is 0. The second-order valence-electron chi connectivity index (χ2n) is 3.91. The van der Waals surface area contributed by atoms with Crippen LogP contribution in [0.25, 0.3) is 0 Å². The molecule has 1 saturated heterocycles. The summed E-state index contributed by atoms with van der Waals surface area (Å²) in [5.41, 5.74) is 1.24. The van der Waals surface area contributed by atoms with Crippen molar-refractivity contribution in [1.82, 2.24) is 10.3 Å². The Morgan fingerprint density at radius 3 is 2.93 bits per heavy atom. The fourth-order valence-electron chi connectivity index (χ4n) is 2.02. The Labute approximate surface area is 89.8 Å². The number of thiazole rings is 1. The van der Waals surface area contributed by atoms with Crippen LogP contribution in [0, 0.1) is 6.92 Å². The number of rotatable bonds is 2. The first-order valence-corrected chi connectivity index (χ1v) is 6.32. The number of aryl methyl sites for hydroxylation is 2. The van der Waals surface area contributed by atoms with Gasteiger partial charge < -0.3 is 5.32 Å². The largest absolute Gasteiger partial charge is 0.309 e. The van der Waals surface area contributed by atoms with E-state index in [0.717, 1.165) is 6.42 Å². The van der Waals surface area contributed by atoms with Crippen molar-refractivity contribution in [2.24, 2.45) is 0 Å². The summed E-state index contributed by atoms with van der Waals surface area (Å²) in [5, 5.41) is 4.87. The van der Waals surface area contributed by atoms with Gasteiger partial charge in [0.25, 0.3) is 0 Å².